The zero-order valence-corrected chi connectivity index (χ0v) is 14.6. The number of nitrogens with zero attached hydrogens (tertiary/aromatic N) is 1. The van der Waals surface area contributed by atoms with Gasteiger partial charge in [0.25, 0.3) is 0 Å². The van der Waals surface area contributed by atoms with Gasteiger partial charge in [-0.15, -0.1) is 0 Å². The summed E-state index contributed by atoms with van der Waals surface area (Å²) in [5.41, 5.74) is 5.35. The maximum Gasteiger partial charge on any atom is 0.243 e. The topological polar surface area (TPSA) is 63.4 Å². The first-order chi connectivity index (χ1) is 9.71. The van der Waals surface area contributed by atoms with Crippen LogP contribution in [0.5, 0.6) is 0 Å². The van der Waals surface area contributed by atoms with E-state index in [9.17, 15) is 12.8 Å². The van der Waals surface area contributed by atoms with Gasteiger partial charge in [-0.3, -0.25) is 0 Å². The molecule has 1 rings (SSSR count). The molecule has 1 aromatic carbocycles. The highest BCUT2D eigenvalue weighted by Crippen LogP contribution is 2.21. The summed E-state index contributed by atoms with van der Waals surface area (Å²) in [6.07, 6.45) is 2.70. The quantitative estimate of drug-likeness (QED) is 0.764. The van der Waals surface area contributed by atoms with Gasteiger partial charge in [0.05, 0.1) is 4.90 Å². The van der Waals surface area contributed by atoms with Gasteiger partial charge in [-0.25, -0.2) is 12.8 Å². The van der Waals surface area contributed by atoms with Crippen molar-refractivity contribution in [1.82, 2.24) is 4.31 Å². The standard InChI is InChI=1S/C13H19FN2O2S3/c1-9(6-7-20-3)16(2)21(17,18)10-4-5-12(14)11(8-10)13(15)19/h4-5,8-9H,6-7H2,1-3H3,(H2,15,19). The number of halogens is 1. The predicted molar refractivity (Wildman–Crippen MR) is 89.7 cm³/mol. The molecular weight excluding hydrogens is 331 g/mol. The Labute approximate surface area is 134 Å². The van der Waals surface area contributed by atoms with Crippen LogP contribution in [-0.4, -0.2) is 42.8 Å². The fourth-order valence-corrected chi connectivity index (χ4v) is 3.88. The Morgan fingerprint density at radius 1 is 1.52 bits per heavy atom. The Bertz CT molecular complexity index is 620. The second-order valence-electron chi connectivity index (χ2n) is 4.66. The van der Waals surface area contributed by atoms with Crippen molar-refractivity contribution in [2.45, 2.75) is 24.3 Å². The van der Waals surface area contributed by atoms with Crippen LogP contribution in [0.4, 0.5) is 4.39 Å². The molecule has 4 nitrogen and oxygen atoms in total. The summed E-state index contributed by atoms with van der Waals surface area (Å²) in [5.74, 6) is 0.238. The van der Waals surface area contributed by atoms with E-state index in [0.29, 0.717) is 0 Å². The van der Waals surface area contributed by atoms with Crippen molar-refractivity contribution in [2.75, 3.05) is 19.1 Å². The van der Waals surface area contributed by atoms with Gasteiger partial charge in [0.15, 0.2) is 0 Å². The van der Waals surface area contributed by atoms with Crippen molar-refractivity contribution in [3.05, 3.63) is 29.6 Å². The number of rotatable bonds is 7. The fraction of sp³-hybridized carbons (Fsp3) is 0.462. The van der Waals surface area contributed by atoms with E-state index in [-0.39, 0.29) is 21.5 Å². The van der Waals surface area contributed by atoms with Crippen LogP contribution < -0.4 is 5.73 Å². The molecule has 8 heteroatoms. The molecule has 21 heavy (non-hydrogen) atoms. The first kappa shape index (κ1) is 18.3. The van der Waals surface area contributed by atoms with Crippen molar-refractivity contribution < 1.29 is 12.8 Å². The van der Waals surface area contributed by atoms with E-state index >= 15 is 0 Å². The zero-order chi connectivity index (χ0) is 16.2. The molecule has 0 bridgehead atoms. The largest absolute Gasteiger partial charge is 0.389 e. The number of benzene rings is 1. The lowest BCUT2D eigenvalue weighted by Crippen LogP contribution is -2.35. The summed E-state index contributed by atoms with van der Waals surface area (Å²) in [7, 11) is -2.18. The average Bonchev–Trinajstić information content (AvgIpc) is 2.43. The van der Waals surface area contributed by atoms with E-state index in [2.05, 4.69) is 0 Å². The van der Waals surface area contributed by atoms with E-state index in [1.165, 1.54) is 23.5 Å². The average molecular weight is 351 g/mol. The van der Waals surface area contributed by atoms with Gasteiger partial charge < -0.3 is 5.73 Å². The molecular formula is C13H19FN2O2S3. The highest BCUT2D eigenvalue weighted by atomic mass is 32.2. The zero-order valence-electron chi connectivity index (χ0n) is 12.2. The van der Waals surface area contributed by atoms with Crippen LogP contribution in [0.25, 0.3) is 0 Å². The number of sulfonamides is 1. The molecule has 0 radical (unpaired) electrons. The molecule has 0 saturated heterocycles. The minimum Gasteiger partial charge on any atom is -0.389 e. The van der Waals surface area contributed by atoms with Crippen molar-refractivity contribution >= 4 is 39.0 Å². The molecule has 0 aliphatic heterocycles. The van der Waals surface area contributed by atoms with Gasteiger partial charge in [-0.1, -0.05) is 12.2 Å². The lowest BCUT2D eigenvalue weighted by atomic mass is 10.2. The van der Waals surface area contributed by atoms with Gasteiger partial charge in [-0.05, 0) is 43.6 Å². The minimum absolute atomic E-state index is 0.00907. The Kier molecular flexibility index (Phi) is 6.58. The third kappa shape index (κ3) is 4.38. The van der Waals surface area contributed by atoms with Crippen LogP contribution in [0, 0.1) is 5.82 Å². The van der Waals surface area contributed by atoms with Crippen LogP contribution in [0.2, 0.25) is 0 Å². The van der Waals surface area contributed by atoms with Crippen LogP contribution in [0.15, 0.2) is 23.1 Å². The van der Waals surface area contributed by atoms with Crippen molar-refractivity contribution in [1.29, 1.82) is 0 Å². The number of nitrogens with two attached hydrogens (primary N) is 1. The number of hydrogen-bond donors (Lipinski definition) is 1. The Hall–Kier alpha value is -0.700. The van der Waals surface area contributed by atoms with Crippen molar-refractivity contribution in [3.8, 4) is 0 Å². The van der Waals surface area contributed by atoms with Crippen molar-refractivity contribution in [3.63, 3.8) is 0 Å². The third-order valence-electron chi connectivity index (χ3n) is 3.24. The van der Waals surface area contributed by atoms with E-state index in [1.807, 2.05) is 13.2 Å². The van der Waals surface area contributed by atoms with Gasteiger partial charge in [0, 0.05) is 18.7 Å². The van der Waals surface area contributed by atoms with E-state index in [1.54, 1.807) is 11.8 Å². The first-order valence-electron chi connectivity index (χ1n) is 6.28. The molecule has 0 amide bonds. The first-order valence-corrected chi connectivity index (χ1v) is 9.52. The molecule has 0 saturated carbocycles. The van der Waals surface area contributed by atoms with Gasteiger partial charge in [0.2, 0.25) is 10.0 Å². The molecule has 0 fully saturated rings. The lowest BCUT2D eigenvalue weighted by molar-refractivity contribution is 0.382. The third-order valence-corrected chi connectivity index (χ3v) is 6.07. The highest BCUT2D eigenvalue weighted by molar-refractivity contribution is 7.98. The van der Waals surface area contributed by atoms with Crippen LogP contribution in [0.1, 0.15) is 18.9 Å². The molecule has 118 valence electrons. The molecule has 0 aliphatic carbocycles. The predicted octanol–water partition coefficient (Wildman–Crippen LogP) is 2.22. The smallest absolute Gasteiger partial charge is 0.243 e. The number of thioether (sulfide) groups is 1. The van der Waals surface area contributed by atoms with Crippen LogP contribution >= 0.6 is 24.0 Å². The molecule has 1 unspecified atom stereocenters. The fourth-order valence-electron chi connectivity index (χ4n) is 1.73. The summed E-state index contributed by atoms with van der Waals surface area (Å²) in [5, 5.41) is 0. The minimum atomic E-state index is -3.70. The lowest BCUT2D eigenvalue weighted by Gasteiger charge is -2.24. The molecule has 0 aromatic heterocycles. The summed E-state index contributed by atoms with van der Waals surface area (Å²) in [4.78, 5) is -0.173. The summed E-state index contributed by atoms with van der Waals surface area (Å²) >= 11 is 6.39. The summed E-state index contributed by atoms with van der Waals surface area (Å²) in [6, 6.07) is 3.33. The van der Waals surface area contributed by atoms with Gasteiger partial charge in [-0.2, -0.15) is 16.1 Å². The maximum atomic E-state index is 13.6. The van der Waals surface area contributed by atoms with Gasteiger partial charge in [0.1, 0.15) is 10.8 Å². The molecule has 0 spiro atoms. The molecule has 1 aromatic rings. The second kappa shape index (κ2) is 7.53. The number of hydrogen-bond acceptors (Lipinski definition) is 4. The Morgan fingerprint density at radius 2 is 2.14 bits per heavy atom. The monoisotopic (exact) mass is 350 g/mol. The second-order valence-corrected chi connectivity index (χ2v) is 8.08. The van der Waals surface area contributed by atoms with Crippen LogP contribution in [0.3, 0.4) is 0 Å². The Morgan fingerprint density at radius 3 is 2.67 bits per heavy atom. The number of thiocarbonyl (C=S) groups is 1. The Balaban J connectivity index is 3.13. The molecule has 2 N–H and O–H groups in total. The SMILES string of the molecule is CSCCC(C)N(C)S(=O)(=O)c1ccc(F)c(C(N)=S)c1. The normalized spacial score (nSPS) is 13.4. The highest BCUT2D eigenvalue weighted by Gasteiger charge is 2.26. The summed E-state index contributed by atoms with van der Waals surface area (Å²) in [6.45, 7) is 1.84. The van der Waals surface area contributed by atoms with Crippen LogP contribution in [-0.2, 0) is 10.0 Å². The molecule has 1 atom stereocenters. The van der Waals surface area contributed by atoms with E-state index in [4.69, 9.17) is 18.0 Å². The van der Waals surface area contributed by atoms with E-state index in [0.717, 1.165) is 18.2 Å². The molecule has 0 aliphatic rings. The summed E-state index contributed by atoms with van der Waals surface area (Å²) < 4.78 is 39.9. The van der Waals surface area contributed by atoms with Gasteiger partial charge >= 0.3 is 0 Å². The van der Waals surface area contributed by atoms with Crippen molar-refractivity contribution in [2.24, 2.45) is 5.73 Å². The maximum absolute atomic E-state index is 13.6. The van der Waals surface area contributed by atoms with E-state index < -0.39 is 15.8 Å². The molecule has 0 heterocycles.